The predicted octanol–water partition coefficient (Wildman–Crippen LogP) is 3.11. The minimum absolute atomic E-state index is 0.00979. The number of ether oxygens (including phenoxy) is 1. The number of rotatable bonds is 4. The fourth-order valence-corrected chi connectivity index (χ4v) is 3.07. The number of hydrogen-bond acceptors (Lipinski definition) is 5. The van der Waals surface area contributed by atoms with Crippen molar-refractivity contribution in [3.8, 4) is 17.2 Å². The van der Waals surface area contributed by atoms with Crippen molar-refractivity contribution in [3.05, 3.63) is 30.2 Å². The molecule has 1 saturated heterocycles. The van der Waals surface area contributed by atoms with Gasteiger partial charge in [-0.2, -0.15) is 0 Å². The summed E-state index contributed by atoms with van der Waals surface area (Å²) < 4.78 is 11.2. The number of carbonyl (C=O) groups excluding carboxylic acids is 1. The molecule has 0 bridgehead atoms. The van der Waals surface area contributed by atoms with Gasteiger partial charge in [0.2, 0.25) is 11.8 Å². The summed E-state index contributed by atoms with van der Waals surface area (Å²) >= 11 is 0. The Morgan fingerprint density at radius 2 is 2.12 bits per heavy atom. The van der Waals surface area contributed by atoms with Crippen LogP contribution in [0.25, 0.3) is 11.5 Å². The molecule has 0 N–H and O–H groups in total. The van der Waals surface area contributed by atoms with Crippen molar-refractivity contribution < 1.29 is 13.9 Å². The quantitative estimate of drug-likeness (QED) is 0.862. The SMILES string of the molecule is COc1ccccc1-c1nnc([C@H]2CCCN(C(=O)C(C)C)C2)o1. The van der Waals surface area contributed by atoms with Crippen LogP contribution >= 0.6 is 0 Å². The third kappa shape index (κ3) is 3.27. The van der Waals surface area contributed by atoms with Crippen molar-refractivity contribution in [2.45, 2.75) is 32.6 Å². The predicted molar refractivity (Wildman–Crippen MR) is 89.7 cm³/mol. The zero-order valence-electron chi connectivity index (χ0n) is 14.4. The number of benzene rings is 1. The lowest BCUT2D eigenvalue weighted by molar-refractivity contribution is -0.135. The first kappa shape index (κ1) is 16.5. The van der Waals surface area contributed by atoms with E-state index in [-0.39, 0.29) is 17.7 Å². The lowest BCUT2D eigenvalue weighted by atomic mass is 9.97. The third-order valence-corrected chi connectivity index (χ3v) is 4.35. The van der Waals surface area contributed by atoms with Gasteiger partial charge in [-0.25, -0.2) is 0 Å². The zero-order chi connectivity index (χ0) is 17.1. The van der Waals surface area contributed by atoms with Crippen molar-refractivity contribution in [3.63, 3.8) is 0 Å². The normalized spacial score (nSPS) is 18.0. The molecule has 24 heavy (non-hydrogen) atoms. The Balaban J connectivity index is 1.79. The fourth-order valence-electron chi connectivity index (χ4n) is 3.07. The molecule has 6 nitrogen and oxygen atoms in total. The molecule has 1 aliphatic heterocycles. The van der Waals surface area contributed by atoms with Crippen LogP contribution in [0.15, 0.2) is 28.7 Å². The van der Waals surface area contributed by atoms with Crippen LogP contribution in [0.5, 0.6) is 5.75 Å². The van der Waals surface area contributed by atoms with Crippen LogP contribution in [-0.2, 0) is 4.79 Å². The maximum Gasteiger partial charge on any atom is 0.251 e. The van der Waals surface area contributed by atoms with E-state index in [1.165, 1.54) is 0 Å². The summed E-state index contributed by atoms with van der Waals surface area (Å²) in [5.41, 5.74) is 0.782. The summed E-state index contributed by atoms with van der Waals surface area (Å²) in [6.45, 7) is 5.31. The molecular weight excluding hydrogens is 306 g/mol. The Bertz CT molecular complexity index is 711. The van der Waals surface area contributed by atoms with Crippen molar-refractivity contribution in [2.24, 2.45) is 5.92 Å². The molecule has 1 amide bonds. The van der Waals surface area contributed by atoms with Gasteiger partial charge >= 0.3 is 0 Å². The molecule has 128 valence electrons. The van der Waals surface area contributed by atoms with E-state index in [0.717, 1.165) is 24.9 Å². The maximum atomic E-state index is 12.2. The first-order valence-electron chi connectivity index (χ1n) is 8.35. The molecule has 0 unspecified atom stereocenters. The van der Waals surface area contributed by atoms with Gasteiger partial charge in [0, 0.05) is 19.0 Å². The highest BCUT2D eigenvalue weighted by Gasteiger charge is 2.29. The first-order chi connectivity index (χ1) is 11.6. The molecule has 1 aromatic carbocycles. The van der Waals surface area contributed by atoms with E-state index in [4.69, 9.17) is 9.15 Å². The molecule has 0 saturated carbocycles. The molecule has 1 atom stereocenters. The zero-order valence-corrected chi connectivity index (χ0v) is 14.4. The number of methoxy groups -OCH3 is 1. The Hall–Kier alpha value is -2.37. The molecule has 0 radical (unpaired) electrons. The van der Waals surface area contributed by atoms with Crippen LogP contribution < -0.4 is 4.74 Å². The van der Waals surface area contributed by atoms with E-state index < -0.39 is 0 Å². The van der Waals surface area contributed by atoms with Crippen LogP contribution in [0, 0.1) is 5.92 Å². The van der Waals surface area contributed by atoms with E-state index in [2.05, 4.69) is 10.2 Å². The van der Waals surface area contributed by atoms with Crippen LogP contribution in [0.1, 0.15) is 38.5 Å². The van der Waals surface area contributed by atoms with Gasteiger partial charge in [-0.3, -0.25) is 4.79 Å². The van der Waals surface area contributed by atoms with Crippen LogP contribution in [0.2, 0.25) is 0 Å². The summed E-state index contributed by atoms with van der Waals surface area (Å²) in [7, 11) is 1.62. The molecule has 6 heteroatoms. The van der Waals surface area contributed by atoms with Crippen molar-refractivity contribution in [1.29, 1.82) is 0 Å². The second-order valence-corrected chi connectivity index (χ2v) is 6.42. The molecular formula is C18H23N3O3. The van der Waals surface area contributed by atoms with Gasteiger partial charge < -0.3 is 14.1 Å². The number of aromatic nitrogens is 2. The molecule has 1 aliphatic rings. The molecule has 1 fully saturated rings. The van der Waals surface area contributed by atoms with Crippen LogP contribution in [-0.4, -0.2) is 41.2 Å². The van der Waals surface area contributed by atoms with Crippen LogP contribution in [0.4, 0.5) is 0 Å². The Morgan fingerprint density at radius 1 is 1.33 bits per heavy atom. The third-order valence-electron chi connectivity index (χ3n) is 4.35. The maximum absolute atomic E-state index is 12.2. The number of nitrogens with zero attached hydrogens (tertiary/aromatic N) is 3. The van der Waals surface area contributed by atoms with Gasteiger partial charge in [0.15, 0.2) is 0 Å². The number of hydrogen-bond donors (Lipinski definition) is 0. The largest absolute Gasteiger partial charge is 0.496 e. The van der Waals surface area contributed by atoms with Crippen molar-refractivity contribution in [2.75, 3.05) is 20.2 Å². The molecule has 0 aliphatic carbocycles. The van der Waals surface area contributed by atoms with Crippen LogP contribution in [0.3, 0.4) is 0 Å². The molecule has 3 rings (SSSR count). The van der Waals surface area contributed by atoms with E-state index in [9.17, 15) is 4.79 Å². The number of piperidine rings is 1. The molecule has 0 spiro atoms. The molecule has 2 aromatic rings. The average molecular weight is 329 g/mol. The highest BCUT2D eigenvalue weighted by molar-refractivity contribution is 5.78. The van der Waals surface area contributed by atoms with Gasteiger partial charge in [-0.05, 0) is 25.0 Å². The summed E-state index contributed by atoms with van der Waals surface area (Å²) in [4.78, 5) is 14.1. The van der Waals surface area contributed by atoms with E-state index in [1.54, 1.807) is 7.11 Å². The molecule has 2 heterocycles. The highest BCUT2D eigenvalue weighted by Crippen LogP contribution is 2.32. The first-order valence-corrected chi connectivity index (χ1v) is 8.35. The summed E-state index contributed by atoms with van der Waals surface area (Å²) in [5, 5.41) is 8.40. The van der Waals surface area contributed by atoms with E-state index in [1.807, 2.05) is 43.0 Å². The lowest BCUT2D eigenvalue weighted by Gasteiger charge is -2.32. The number of carbonyl (C=O) groups is 1. The minimum atomic E-state index is 0.00979. The summed E-state index contributed by atoms with van der Waals surface area (Å²) in [6.07, 6.45) is 1.91. The monoisotopic (exact) mass is 329 g/mol. The summed E-state index contributed by atoms with van der Waals surface area (Å²) in [5.74, 6) is 2.04. The van der Waals surface area contributed by atoms with Gasteiger partial charge in [0.25, 0.3) is 5.89 Å². The Labute approximate surface area is 141 Å². The molecule has 1 aromatic heterocycles. The highest BCUT2D eigenvalue weighted by atomic mass is 16.5. The van der Waals surface area contributed by atoms with E-state index >= 15 is 0 Å². The minimum Gasteiger partial charge on any atom is -0.496 e. The smallest absolute Gasteiger partial charge is 0.251 e. The topological polar surface area (TPSA) is 68.5 Å². The van der Waals surface area contributed by atoms with E-state index in [0.29, 0.717) is 24.1 Å². The van der Waals surface area contributed by atoms with Crippen molar-refractivity contribution in [1.82, 2.24) is 15.1 Å². The summed E-state index contributed by atoms with van der Waals surface area (Å²) in [6, 6.07) is 7.57. The Kier molecular flexibility index (Phi) is 4.83. The second-order valence-electron chi connectivity index (χ2n) is 6.42. The fraction of sp³-hybridized carbons (Fsp3) is 0.500. The average Bonchev–Trinajstić information content (AvgIpc) is 3.11. The Morgan fingerprint density at radius 3 is 2.88 bits per heavy atom. The number of likely N-dealkylation sites (tertiary alicyclic amines) is 1. The van der Waals surface area contributed by atoms with Gasteiger partial charge in [-0.1, -0.05) is 26.0 Å². The lowest BCUT2D eigenvalue weighted by Crippen LogP contribution is -2.41. The number of amides is 1. The van der Waals surface area contributed by atoms with Gasteiger partial charge in [0.05, 0.1) is 18.6 Å². The van der Waals surface area contributed by atoms with Gasteiger partial charge in [-0.15, -0.1) is 10.2 Å². The van der Waals surface area contributed by atoms with Crippen molar-refractivity contribution >= 4 is 5.91 Å². The standard InChI is InChI=1S/C18H23N3O3/c1-12(2)18(22)21-10-6-7-13(11-21)16-19-20-17(24-16)14-8-4-5-9-15(14)23-3/h4-5,8-9,12-13H,6-7,10-11H2,1-3H3/t13-/m0/s1. The number of para-hydroxylation sites is 1. The second kappa shape index (κ2) is 7.03. The van der Waals surface area contributed by atoms with Gasteiger partial charge in [0.1, 0.15) is 5.75 Å².